The van der Waals surface area contributed by atoms with Crippen LogP contribution >= 0.6 is 11.3 Å². The Morgan fingerprint density at radius 2 is 2.09 bits per heavy atom. The zero-order chi connectivity index (χ0) is 16.1. The maximum absolute atomic E-state index is 13.3. The van der Waals surface area contributed by atoms with Gasteiger partial charge in [0.25, 0.3) is 10.7 Å². The normalized spacial score (nSPS) is 12.0. The van der Waals surface area contributed by atoms with Crippen molar-refractivity contribution in [3.63, 3.8) is 0 Å². The summed E-state index contributed by atoms with van der Waals surface area (Å²) in [5.74, 6) is -0.639. The topological polar surface area (TPSA) is 96.4 Å². The minimum Gasteiger partial charge on any atom is -0.458 e. The lowest BCUT2D eigenvalue weighted by Gasteiger charge is -2.07. The molecular weight excluding hydrogens is 319 g/mol. The van der Waals surface area contributed by atoms with E-state index in [0.29, 0.717) is 0 Å². The minimum absolute atomic E-state index is 0.104. The van der Waals surface area contributed by atoms with Gasteiger partial charge in [-0.25, -0.2) is 0 Å². The SMILES string of the molecule is NC(=O)c1sc2[nH+]c(-c3ccco3)cc(C(F)(F)F)c2c1N. The van der Waals surface area contributed by atoms with Crippen molar-refractivity contribution >= 4 is 33.1 Å². The van der Waals surface area contributed by atoms with Crippen LogP contribution in [-0.2, 0) is 6.18 Å². The Hall–Kier alpha value is -2.55. The van der Waals surface area contributed by atoms with Crippen molar-refractivity contribution in [1.82, 2.24) is 0 Å². The molecule has 3 aromatic rings. The number of nitrogen functional groups attached to an aromatic ring is 1. The highest BCUT2D eigenvalue weighted by atomic mass is 32.1. The maximum Gasteiger partial charge on any atom is 0.417 e. The fraction of sp³-hybridized carbons (Fsp3) is 0.0769. The summed E-state index contributed by atoms with van der Waals surface area (Å²) in [7, 11) is 0. The molecule has 0 fully saturated rings. The average Bonchev–Trinajstić information content (AvgIpc) is 3.05. The fourth-order valence-corrected chi connectivity index (χ4v) is 3.15. The van der Waals surface area contributed by atoms with Crippen molar-refractivity contribution in [2.45, 2.75) is 6.18 Å². The van der Waals surface area contributed by atoms with Crippen molar-refractivity contribution in [3.05, 3.63) is 34.9 Å². The minimum atomic E-state index is -4.64. The Bertz CT molecular complexity index is 869. The summed E-state index contributed by atoms with van der Waals surface area (Å²) in [6.07, 6.45) is -3.29. The first-order chi connectivity index (χ1) is 10.3. The molecule has 3 rings (SSSR count). The average molecular weight is 328 g/mol. The first-order valence-electron chi connectivity index (χ1n) is 5.98. The Labute approximate surface area is 125 Å². The number of alkyl halides is 3. The predicted molar refractivity (Wildman–Crippen MR) is 74.0 cm³/mol. The number of fused-ring (bicyclic) bond motifs is 1. The fourth-order valence-electron chi connectivity index (χ4n) is 2.15. The van der Waals surface area contributed by atoms with Gasteiger partial charge < -0.3 is 15.9 Å². The number of amides is 1. The second-order valence-electron chi connectivity index (χ2n) is 4.48. The number of nitrogens with one attached hydrogen (secondary N) is 1. The van der Waals surface area contributed by atoms with Crippen molar-refractivity contribution in [2.75, 3.05) is 5.73 Å². The predicted octanol–water partition coefficient (Wildman–Crippen LogP) is 2.68. The zero-order valence-corrected chi connectivity index (χ0v) is 11.6. The van der Waals surface area contributed by atoms with Crippen molar-refractivity contribution in [1.29, 1.82) is 0 Å². The molecule has 0 aliphatic rings. The molecule has 3 aromatic heterocycles. The van der Waals surface area contributed by atoms with Crippen LogP contribution < -0.4 is 16.5 Å². The van der Waals surface area contributed by atoms with Gasteiger partial charge >= 0.3 is 6.18 Å². The number of H-pyrrole nitrogens is 1. The number of carbonyl (C=O) groups excluding carboxylic acids is 1. The largest absolute Gasteiger partial charge is 0.458 e. The number of furan rings is 1. The zero-order valence-electron chi connectivity index (χ0n) is 10.8. The van der Waals surface area contributed by atoms with Gasteiger partial charge in [-0.1, -0.05) is 11.3 Å². The monoisotopic (exact) mass is 328 g/mol. The molecule has 0 aromatic carbocycles. The number of carbonyl (C=O) groups is 1. The lowest BCUT2D eigenvalue weighted by atomic mass is 10.1. The van der Waals surface area contributed by atoms with Crippen LogP contribution in [0.1, 0.15) is 15.2 Å². The highest BCUT2D eigenvalue weighted by molar-refractivity contribution is 7.20. The Morgan fingerprint density at radius 1 is 1.36 bits per heavy atom. The van der Waals surface area contributed by atoms with E-state index in [9.17, 15) is 18.0 Å². The van der Waals surface area contributed by atoms with Gasteiger partial charge in [-0.15, -0.1) is 0 Å². The molecule has 0 aliphatic carbocycles. The van der Waals surface area contributed by atoms with Crippen LogP contribution in [0.2, 0.25) is 0 Å². The standard InChI is InChI=1S/C13H8F3N3O2S/c14-13(15,16)5-4-6(7-2-1-3-21-7)19-12-8(5)9(17)10(22-12)11(18)20/h1-4H,17H2,(H2,18,20)/p+1. The van der Waals surface area contributed by atoms with Crippen LogP contribution in [0.15, 0.2) is 28.9 Å². The lowest BCUT2D eigenvalue weighted by Crippen LogP contribution is -2.14. The van der Waals surface area contributed by atoms with E-state index in [1.54, 1.807) is 6.07 Å². The number of aromatic amines is 1. The number of rotatable bonds is 2. The van der Waals surface area contributed by atoms with Crippen LogP contribution in [0.3, 0.4) is 0 Å². The van der Waals surface area contributed by atoms with E-state index < -0.39 is 17.6 Å². The molecule has 0 saturated heterocycles. The van der Waals surface area contributed by atoms with Crippen molar-refractivity contribution < 1.29 is 27.4 Å². The third kappa shape index (κ3) is 2.19. The number of halogens is 3. The van der Waals surface area contributed by atoms with Crippen molar-refractivity contribution in [3.8, 4) is 11.5 Å². The number of nitrogens with two attached hydrogens (primary N) is 2. The molecule has 0 bridgehead atoms. The summed E-state index contributed by atoms with van der Waals surface area (Å²) in [5.41, 5.74) is 9.72. The molecule has 3 heterocycles. The number of anilines is 1. The van der Waals surface area contributed by atoms with Gasteiger partial charge in [0.15, 0.2) is 5.76 Å². The molecular formula is C13H9F3N3O2S+. The van der Waals surface area contributed by atoms with E-state index in [0.717, 1.165) is 17.4 Å². The molecule has 9 heteroatoms. The van der Waals surface area contributed by atoms with E-state index >= 15 is 0 Å². The molecule has 0 spiro atoms. The highest BCUT2D eigenvalue weighted by Gasteiger charge is 2.38. The number of thiophene rings is 1. The Balaban J connectivity index is 2.39. The van der Waals surface area contributed by atoms with Crippen LogP contribution in [0.5, 0.6) is 0 Å². The van der Waals surface area contributed by atoms with Gasteiger partial charge in [-0.3, -0.25) is 4.79 Å². The summed E-state index contributed by atoms with van der Waals surface area (Å²) < 4.78 is 45.1. The second kappa shape index (κ2) is 4.73. The molecule has 114 valence electrons. The lowest BCUT2D eigenvalue weighted by molar-refractivity contribution is -0.329. The van der Waals surface area contributed by atoms with E-state index in [1.165, 1.54) is 12.3 Å². The van der Waals surface area contributed by atoms with Gasteiger partial charge in [-0.2, -0.15) is 18.2 Å². The molecule has 5 nitrogen and oxygen atoms in total. The molecule has 5 N–H and O–H groups in total. The Morgan fingerprint density at radius 3 is 2.64 bits per heavy atom. The van der Waals surface area contributed by atoms with E-state index in [1.807, 2.05) is 0 Å². The molecule has 0 radical (unpaired) electrons. The van der Waals surface area contributed by atoms with Crippen LogP contribution in [-0.4, -0.2) is 5.91 Å². The second-order valence-corrected chi connectivity index (χ2v) is 5.51. The molecule has 22 heavy (non-hydrogen) atoms. The van der Waals surface area contributed by atoms with E-state index in [4.69, 9.17) is 15.9 Å². The van der Waals surface area contributed by atoms with Crippen molar-refractivity contribution in [2.24, 2.45) is 5.73 Å². The number of hydrogen-bond acceptors (Lipinski definition) is 4. The number of primary amides is 1. The third-order valence-corrected chi connectivity index (χ3v) is 4.20. The first kappa shape index (κ1) is 14.4. The molecule has 0 unspecified atom stereocenters. The van der Waals surface area contributed by atoms with E-state index in [-0.39, 0.29) is 32.2 Å². The molecule has 1 amide bonds. The summed E-state index contributed by atoms with van der Waals surface area (Å²) in [6, 6.07) is 3.97. The molecule has 0 saturated carbocycles. The maximum atomic E-state index is 13.3. The summed E-state index contributed by atoms with van der Waals surface area (Å²) in [4.78, 5) is 14.1. The van der Waals surface area contributed by atoms with Gasteiger partial charge in [0.2, 0.25) is 5.69 Å². The van der Waals surface area contributed by atoms with Gasteiger partial charge in [-0.05, 0) is 12.1 Å². The van der Waals surface area contributed by atoms with Crippen LogP contribution in [0.25, 0.3) is 21.7 Å². The third-order valence-electron chi connectivity index (χ3n) is 3.07. The number of pyridine rings is 1. The molecule has 0 aliphatic heterocycles. The van der Waals surface area contributed by atoms with Crippen LogP contribution in [0.4, 0.5) is 18.9 Å². The highest BCUT2D eigenvalue weighted by Crippen LogP contribution is 2.41. The van der Waals surface area contributed by atoms with Crippen LogP contribution in [0, 0.1) is 0 Å². The summed E-state index contributed by atoms with van der Waals surface area (Å²) in [5, 5.41) is -0.262. The number of hydrogen-bond donors (Lipinski definition) is 2. The number of aromatic nitrogens is 1. The first-order valence-corrected chi connectivity index (χ1v) is 6.80. The van der Waals surface area contributed by atoms with E-state index in [2.05, 4.69) is 4.98 Å². The van der Waals surface area contributed by atoms with Gasteiger partial charge in [0, 0.05) is 6.07 Å². The van der Waals surface area contributed by atoms with Gasteiger partial charge in [0.1, 0.15) is 4.88 Å². The summed E-state index contributed by atoms with van der Waals surface area (Å²) >= 11 is 0.777. The smallest absolute Gasteiger partial charge is 0.417 e. The Kier molecular flexibility index (Phi) is 3.10. The summed E-state index contributed by atoms with van der Waals surface area (Å²) in [6.45, 7) is 0. The van der Waals surface area contributed by atoms with Gasteiger partial charge in [0.05, 0.1) is 22.9 Å². The molecule has 0 atom stereocenters. The quantitative estimate of drug-likeness (QED) is 0.757.